The van der Waals surface area contributed by atoms with E-state index in [2.05, 4.69) is 19.6 Å². The van der Waals surface area contributed by atoms with Crippen molar-refractivity contribution in [3.05, 3.63) is 0 Å². The van der Waals surface area contributed by atoms with Gasteiger partial charge in [0.05, 0.1) is 23.4 Å². The Morgan fingerprint density at radius 2 is 1.70 bits per heavy atom. The molecule has 3 fully saturated rings. The summed E-state index contributed by atoms with van der Waals surface area (Å²) in [5.74, 6) is 0.708. The first kappa shape index (κ1) is 21.4. The second kappa shape index (κ2) is 9.47. The Balaban J connectivity index is 1.55. The molecule has 0 bridgehead atoms. The molecule has 0 spiro atoms. The van der Waals surface area contributed by atoms with E-state index in [0.717, 1.165) is 37.7 Å². The average molecular weight is 425 g/mol. The highest BCUT2D eigenvalue weighted by Crippen LogP contribution is 2.45. The minimum atomic E-state index is -3.97. The Morgan fingerprint density at radius 1 is 0.963 bits per heavy atom. The van der Waals surface area contributed by atoms with Gasteiger partial charge in [-0.3, -0.25) is 4.55 Å². The van der Waals surface area contributed by atoms with Gasteiger partial charge in [0, 0.05) is 17.3 Å². The monoisotopic (exact) mass is 424 g/mol. The van der Waals surface area contributed by atoms with Gasteiger partial charge in [-0.2, -0.15) is 18.6 Å². The minimum absolute atomic E-state index is 0.0439. The second-order valence-electron chi connectivity index (χ2n) is 7.91. The van der Waals surface area contributed by atoms with Crippen molar-refractivity contribution in [2.24, 2.45) is 22.1 Å². The molecule has 5 unspecified atom stereocenters. The number of azo groups is 1. The number of nitrogens with zero attached hydrogens (tertiary/aromatic N) is 2. The van der Waals surface area contributed by atoms with Crippen LogP contribution in [0.5, 0.6) is 0 Å². The van der Waals surface area contributed by atoms with Gasteiger partial charge in [0.15, 0.2) is 0 Å². The third kappa shape index (κ3) is 5.62. The van der Waals surface area contributed by atoms with E-state index in [-0.39, 0.29) is 23.3 Å². The Morgan fingerprint density at radius 3 is 2.37 bits per heavy atom. The molecule has 0 aromatic carbocycles. The van der Waals surface area contributed by atoms with E-state index in [9.17, 15) is 13.5 Å². The molecule has 0 radical (unpaired) electrons. The number of hydrogen-bond acceptors (Lipinski definition) is 9. The maximum absolute atomic E-state index is 11.2. The molecular formula is C16H28N2O7S2. The second-order valence-corrected chi connectivity index (χ2v) is 10.6. The molecule has 0 aliphatic heterocycles. The molecule has 0 aromatic heterocycles. The third-order valence-corrected chi connectivity index (χ3v) is 8.45. The maximum atomic E-state index is 11.2. The van der Waals surface area contributed by atoms with Crippen molar-refractivity contribution in [3.63, 3.8) is 0 Å². The van der Waals surface area contributed by atoms with Crippen molar-refractivity contribution in [3.8, 4) is 0 Å². The quantitative estimate of drug-likeness (QED) is 0.194. The molecule has 3 rings (SSSR count). The van der Waals surface area contributed by atoms with E-state index in [4.69, 9.17) is 9.81 Å². The van der Waals surface area contributed by atoms with E-state index in [0.29, 0.717) is 38.0 Å². The van der Waals surface area contributed by atoms with Gasteiger partial charge in [0.1, 0.15) is 0 Å². The molecule has 3 saturated carbocycles. The summed E-state index contributed by atoms with van der Waals surface area (Å²) in [5, 5.41) is 31.0. The van der Waals surface area contributed by atoms with Crippen LogP contribution < -0.4 is 0 Å². The highest BCUT2D eigenvalue weighted by atomic mass is 32.2. The Kier molecular flexibility index (Phi) is 7.51. The van der Waals surface area contributed by atoms with Gasteiger partial charge in [-0.25, -0.2) is 5.26 Å². The van der Waals surface area contributed by atoms with Crippen LogP contribution in [0.25, 0.3) is 0 Å². The smallest absolute Gasteiger partial charge is 0.267 e. The van der Waals surface area contributed by atoms with Crippen molar-refractivity contribution in [1.82, 2.24) is 0 Å². The van der Waals surface area contributed by atoms with Crippen LogP contribution in [0.15, 0.2) is 10.2 Å². The van der Waals surface area contributed by atoms with Crippen molar-refractivity contribution in [1.29, 1.82) is 0 Å². The molecule has 0 amide bonds. The number of aliphatic hydroxyl groups is 1. The molecule has 9 nitrogen and oxygen atoms in total. The normalized spacial score (nSPS) is 40.8. The molecule has 3 aliphatic rings. The molecule has 0 aromatic rings. The van der Waals surface area contributed by atoms with E-state index in [1.807, 2.05) is 0 Å². The number of aliphatic hydroxyl groups excluding tert-OH is 1. The zero-order chi connectivity index (χ0) is 19.4. The lowest BCUT2D eigenvalue weighted by Crippen LogP contribution is -2.44. The standard InChI is InChI=1S/C16H28N2O7S2/c19-15-8-1-10-9-12(26-25-24-20)4-7-14(10)16(15)18-17-11-2-5-13(6-3-11)27(21,22)23/h10-16,19-20H,1-9H2,(H,21,22,23). The first-order valence-electron chi connectivity index (χ1n) is 9.56. The summed E-state index contributed by atoms with van der Waals surface area (Å²) < 4.78 is 36.2. The van der Waals surface area contributed by atoms with E-state index < -0.39 is 21.5 Å². The van der Waals surface area contributed by atoms with Gasteiger partial charge in [-0.1, -0.05) is 5.04 Å². The van der Waals surface area contributed by atoms with E-state index in [1.54, 1.807) is 0 Å². The van der Waals surface area contributed by atoms with Crippen molar-refractivity contribution in [2.45, 2.75) is 86.5 Å². The van der Waals surface area contributed by atoms with Crippen LogP contribution in [-0.2, 0) is 19.5 Å². The van der Waals surface area contributed by atoms with Crippen LogP contribution >= 0.6 is 12.0 Å². The van der Waals surface area contributed by atoms with Crippen LogP contribution in [0.4, 0.5) is 0 Å². The molecule has 11 heteroatoms. The fourth-order valence-electron chi connectivity index (χ4n) is 4.82. The third-order valence-electron chi connectivity index (χ3n) is 6.29. The van der Waals surface area contributed by atoms with Crippen LogP contribution in [-0.4, -0.2) is 52.0 Å². The molecule has 156 valence electrons. The summed E-state index contributed by atoms with van der Waals surface area (Å²) in [4.78, 5) is 0. The van der Waals surface area contributed by atoms with Crippen molar-refractivity contribution >= 4 is 22.2 Å². The summed E-state index contributed by atoms with van der Waals surface area (Å²) in [5.41, 5.74) is 0. The Labute approximate surface area is 163 Å². The lowest BCUT2D eigenvalue weighted by Gasteiger charge is -2.43. The fraction of sp³-hybridized carbons (Fsp3) is 1.00. The van der Waals surface area contributed by atoms with Crippen LogP contribution in [0.3, 0.4) is 0 Å². The SMILES string of the molecule is O=S(=O)(O)C1CCC(N=NC2C(O)CCC3CC(SOOO)CCC32)CC1. The first-order chi connectivity index (χ1) is 12.9. The van der Waals surface area contributed by atoms with Gasteiger partial charge in [0.25, 0.3) is 10.1 Å². The van der Waals surface area contributed by atoms with Crippen LogP contribution in [0.1, 0.15) is 57.8 Å². The van der Waals surface area contributed by atoms with Crippen molar-refractivity contribution < 1.29 is 32.7 Å². The summed E-state index contributed by atoms with van der Waals surface area (Å²) >= 11 is 1.14. The highest BCUT2D eigenvalue weighted by molar-refractivity contribution is 7.95. The van der Waals surface area contributed by atoms with Gasteiger partial charge in [-0.15, -0.1) is 4.33 Å². The topological polar surface area (TPSA) is 138 Å². The predicted molar refractivity (Wildman–Crippen MR) is 98.5 cm³/mol. The van der Waals surface area contributed by atoms with Crippen LogP contribution in [0.2, 0.25) is 0 Å². The van der Waals surface area contributed by atoms with E-state index >= 15 is 0 Å². The molecule has 0 saturated heterocycles. The zero-order valence-electron chi connectivity index (χ0n) is 15.1. The average Bonchev–Trinajstić information content (AvgIpc) is 2.65. The summed E-state index contributed by atoms with van der Waals surface area (Å²) in [7, 11) is -3.97. The zero-order valence-corrected chi connectivity index (χ0v) is 16.7. The fourth-order valence-corrected chi connectivity index (χ4v) is 6.39. The summed E-state index contributed by atoms with van der Waals surface area (Å²) in [6.07, 6.45) is 5.83. The predicted octanol–water partition coefficient (Wildman–Crippen LogP) is 3.02. The minimum Gasteiger partial charge on any atom is -0.391 e. The molecule has 0 heterocycles. The lowest BCUT2D eigenvalue weighted by molar-refractivity contribution is -0.432. The first-order valence-corrected chi connectivity index (χ1v) is 11.9. The van der Waals surface area contributed by atoms with Crippen LogP contribution in [0, 0.1) is 11.8 Å². The molecule has 27 heavy (non-hydrogen) atoms. The highest BCUT2D eigenvalue weighted by Gasteiger charge is 2.43. The molecular weight excluding hydrogens is 396 g/mol. The number of rotatable bonds is 6. The summed E-state index contributed by atoms with van der Waals surface area (Å²) in [6.45, 7) is 0. The number of fused-ring (bicyclic) bond motifs is 1. The van der Waals surface area contributed by atoms with E-state index in [1.165, 1.54) is 0 Å². The van der Waals surface area contributed by atoms with Gasteiger partial charge >= 0.3 is 0 Å². The number of hydrogen-bond donors (Lipinski definition) is 3. The molecule has 3 N–H and O–H groups in total. The molecule has 3 aliphatic carbocycles. The molecule has 5 atom stereocenters. The van der Waals surface area contributed by atoms with Gasteiger partial charge in [-0.05, 0) is 69.6 Å². The van der Waals surface area contributed by atoms with Gasteiger partial charge < -0.3 is 5.11 Å². The largest absolute Gasteiger partial charge is 0.391 e. The Bertz CT molecular complexity index is 610. The lowest BCUT2D eigenvalue weighted by atomic mass is 9.67. The van der Waals surface area contributed by atoms with Gasteiger partial charge in [0.2, 0.25) is 0 Å². The maximum Gasteiger partial charge on any atom is 0.267 e. The Hall–Kier alpha value is -0.300. The summed E-state index contributed by atoms with van der Waals surface area (Å²) in [6, 6.07) is -0.262. The van der Waals surface area contributed by atoms with Crippen molar-refractivity contribution in [2.75, 3.05) is 0 Å².